The Kier molecular flexibility index (Phi) is 4.29. The van der Waals surface area contributed by atoms with Gasteiger partial charge in [-0.15, -0.1) is 0 Å². The Labute approximate surface area is 61.8 Å². The van der Waals surface area contributed by atoms with E-state index in [9.17, 15) is 5.21 Å². The largest absolute Gasteiger partial charge is 0.624 e. The molecule has 56 valence electrons. The average Bonchev–Trinajstić information content (AvgIpc) is 1.88. The van der Waals surface area contributed by atoms with Gasteiger partial charge in [-0.2, -0.15) is 0 Å². The highest BCUT2D eigenvalue weighted by atomic mass is 16.5. The van der Waals surface area contributed by atoms with Crippen LogP contribution in [0.4, 0.5) is 0 Å². The lowest BCUT2D eigenvalue weighted by Crippen LogP contribution is -2.03. The molecule has 0 aliphatic heterocycles. The summed E-state index contributed by atoms with van der Waals surface area (Å²) in [5.41, 5.74) is 0.707. The fourth-order valence-corrected chi connectivity index (χ4v) is 0.411. The average molecular weight is 139 g/mol. The molecule has 0 fully saturated rings. The van der Waals surface area contributed by atoms with Crippen LogP contribution in [0.25, 0.3) is 0 Å². The maximum Gasteiger partial charge on any atom is 0.183 e. The third-order valence-corrected chi connectivity index (χ3v) is 1.14. The molecule has 0 aromatic carbocycles. The Morgan fingerprint density at radius 2 is 2.00 bits per heavy atom. The van der Waals surface area contributed by atoms with Gasteiger partial charge >= 0.3 is 0 Å². The van der Waals surface area contributed by atoms with E-state index >= 15 is 0 Å². The third-order valence-electron chi connectivity index (χ3n) is 1.14. The summed E-state index contributed by atoms with van der Waals surface area (Å²) < 4.78 is 0.833. The van der Waals surface area contributed by atoms with Gasteiger partial charge in [0, 0.05) is 13.0 Å². The number of allylic oxidation sites excluding steroid dienone is 4. The van der Waals surface area contributed by atoms with Crippen LogP contribution in [0.5, 0.6) is 0 Å². The van der Waals surface area contributed by atoms with Crippen molar-refractivity contribution in [1.82, 2.24) is 0 Å². The molecule has 0 radical (unpaired) electrons. The molecule has 0 heterocycles. The zero-order valence-corrected chi connectivity index (χ0v) is 6.66. The van der Waals surface area contributed by atoms with Gasteiger partial charge in [0.15, 0.2) is 5.71 Å². The summed E-state index contributed by atoms with van der Waals surface area (Å²) >= 11 is 0. The predicted molar refractivity (Wildman–Crippen MR) is 44.2 cm³/mol. The fourth-order valence-electron chi connectivity index (χ4n) is 0.411. The lowest BCUT2D eigenvalue weighted by atomic mass is 10.3. The Hall–Kier alpha value is -1.05. The molecule has 0 atom stereocenters. The van der Waals surface area contributed by atoms with Gasteiger partial charge in [0.2, 0.25) is 0 Å². The van der Waals surface area contributed by atoms with Crippen LogP contribution in [0, 0.1) is 5.21 Å². The van der Waals surface area contributed by atoms with Crippen molar-refractivity contribution in [2.75, 3.05) is 7.05 Å². The molecule has 0 bridgehead atoms. The number of nitrogens with zero attached hydrogens (tertiary/aromatic N) is 1. The summed E-state index contributed by atoms with van der Waals surface area (Å²) in [7, 11) is 1.48. The Balaban J connectivity index is 4.03. The summed E-state index contributed by atoms with van der Waals surface area (Å²) in [5.74, 6) is 0. The zero-order chi connectivity index (χ0) is 7.98. The monoisotopic (exact) mass is 139 g/mol. The van der Waals surface area contributed by atoms with E-state index in [1.54, 1.807) is 13.0 Å². The maximum atomic E-state index is 10.5. The second kappa shape index (κ2) is 4.79. The van der Waals surface area contributed by atoms with Gasteiger partial charge in [-0.05, 0) is 6.92 Å². The van der Waals surface area contributed by atoms with Crippen molar-refractivity contribution in [1.29, 1.82) is 0 Å². The maximum absolute atomic E-state index is 10.5. The zero-order valence-electron chi connectivity index (χ0n) is 6.66. The summed E-state index contributed by atoms with van der Waals surface area (Å²) in [4.78, 5) is 0. The normalized spacial score (nSPS) is 14.7. The molecule has 0 saturated heterocycles. The first-order valence-corrected chi connectivity index (χ1v) is 3.22. The van der Waals surface area contributed by atoms with Crippen molar-refractivity contribution in [2.24, 2.45) is 0 Å². The van der Waals surface area contributed by atoms with Crippen LogP contribution in [-0.2, 0) is 0 Å². The minimum Gasteiger partial charge on any atom is -0.624 e. The van der Waals surface area contributed by atoms with E-state index in [1.165, 1.54) is 7.05 Å². The fraction of sp³-hybridized carbons (Fsp3) is 0.375. The molecule has 0 saturated carbocycles. The van der Waals surface area contributed by atoms with Crippen LogP contribution < -0.4 is 0 Å². The van der Waals surface area contributed by atoms with Gasteiger partial charge in [-0.3, -0.25) is 0 Å². The first-order valence-electron chi connectivity index (χ1n) is 3.22. The minimum atomic E-state index is 0.707. The second-order valence-corrected chi connectivity index (χ2v) is 2.02. The number of hydrogen-bond acceptors (Lipinski definition) is 1. The SMILES string of the molecule is C\C=C/C=C\C(C)=[N+](/C)[O-]. The van der Waals surface area contributed by atoms with Crippen molar-refractivity contribution >= 4 is 5.71 Å². The van der Waals surface area contributed by atoms with Crippen LogP contribution in [0.3, 0.4) is 0 Å². The van der Waals surface area contributed by atoms with Gasteiger partial charge in [-0.25, -0.2) is 4.74 Å². The van der Waals surface area contributed by atoms with E-state index in [1.807, 2.05) is 25.2 Å². The molecule has 0 unspecified atom stereocenters. The lowest BCUT2D eigenvalue weighted by Gasteiger charge is -1.95. The molecule has 0 aromatic rings. The van der Waals surface area contributed by atoms with E-state index in [0.29, 0.717) is 5.71 Å². The van der Waals surface area contributed by atoms with Crippen LogP contribution in [0.15, 0.2) is 24.3 Å². The lowest BCUT2D eigenvalue weighted by molar-refractivity contribution is -0.422. The van der Waals surface area contributed by atoms with E-state index < -0.39 is 0 Å². The summed E-state index contributed by atoms with van der Waals surface area (Å²) in [6.45, 7) is 3.70. The molecule has 0 N–H and O–H groups in total. The summed E-state index contributed by atoms with van der Waals surface area (Å²) in [6, 6.07) is 0. The quantitative estimate of drug-likeness (QED) is 0.188. The molecule has 2 heteroatoms. The summed E-state index contributed by atoms with van der Waals surface area (Å²) in [5, 5.41) is 10.5. The third kappa shape index (κ3) is 3.89. The van der Waals surface area contributed by atoms with E-state index in [4.69, 9.17) is 0 Å². The van der Waals surface area contributed by atoms with Crippen molar-refractivity contribution in [2.45, 2.75) is 13.8 Å². The van der Waals surface area contributed by atoms with E-state index in [2.05, 4.69) is 0 Å². The van der Waals surface area contributed by atoms with Gasteiger partial charge in [0.05, 0.1) is 0 Å². The van der Waals surface area contributed by atoms with Crippen molar-refractivity contribution in [3.63, 3.8) is 0 Å². The molecule has 0 rings (SSSR count). The first-order chi connectivity index (χ1) is 4.68. The minimum absolute atomic E-state index is 0.707. The Morgan fingerprint density at radius 1 is 1.40 bits per heavy atom. The highest BCUT2D eigenvalue weighted by Crippen LogP contribution is 1.80. The van der Waals surface area contributed by atoms with Crippen molar-refractivity contribution < 1.29 is 4.74 Å². The standard InChI is InChI=1S/C8H13NO/c1-4-5-6-7-8(2)9(3)10/h4-7H,1-3H3/b5-4-,7-6-,9-8+. The number of hydrogen-bond donors (Lipinski definition) is 0. The van der Waals surface area contributed by atoms with Crippen LogP contribution in [-0.4, -0.2) is 17.5 Å². The van der Waals surface area contributed by atoms with Gasteiger partial charge < -0.3 is 5.21 Å². The first kappa shape index (κ1) is 8.95. The number of rotatable bonds is 2. The van der Waals surface area contributed by atoms with Gasteiger partial charge in [0.1, 0.15) is 7.05 Å². The topological polar surface area (TPSA) is 26.1 Å². The molecule has 0 aliphatic carbocycles. The van der Waals surface area contributed by atoms with Crippen molar-refractivity contribution in [3.05, 3.63) is 29.5 Å². The molecule has 0 aliphatic rings. The van der Waals surface area contributed by atoms with Gasteiger partial charge in [0.25, 0.3) is 0 Å². The Bertz CT molecular complexity index is 174. The highest BCUT2D eigenvalue weighted by molar-refractivity contribution is 5.88. The summed E-state index contributed by atoms with van der Waals surface area (Å²) in [6.07, 6.45) is 7.40. The molecule has 2 nitrogen and oxygen atoms in total. The Morgan fingerprint density at radius 3 is 2.40 bits per heavy atom. The van der Waals surface area contributed by atoms with Crippen LogP contribution in [0.1, 0.15) is 13.8 Å². The molecule has 0 aromatic heterocycles. The highest BCUT2D eigenvalue weighted by Gasteiger charge is 1.87. The molecule has 0 spiro atoms. The second-order valence-electron chi connectivity index (χ2n) is 2.02. The van der Waals surface area contributed by atoms with Crippen LogP contribution >= 0.6 is 0 Å². The van der Waals surface area contributed by atoms with Crippen molar-refractivity contribution in [3.8, 4) is 0 Å². The van der Waals surface area contributed by atoms with Crippen LogP contribution in [0.2, 0.25) is 0 Å². The molecular formula is C8H13NO. The van der Waals surface area contributed by atoms with Gasteiger partial charge in [-0.1, -0.05) is 18.2 Å². The molecular weight excluding hydrogens is 126 g/mol. The molecule has 0 amide bonds. The number of hydroxylamine groups is 1. The van der Waals surface area contributed by atoms with E-state index in [-0.39, 0.29) is 0 Å². The molecule has 10 heavy (non-hydrogen) atoms. The van der Waals surface area contributed by atoms with E-state index in [0.717, 1.165) is 4.74 Å². The predicted octanol–water partition coefficient (Wildman–Crippen LogP) is 1.72. The smallest absolute Gasteiger partial charge is 0.183 e.